The van der Waals surface area contributed by atoms with E-state index in [0.29, 0.717) is 17.4 Å². The second-order valence-corrected chi connectivity index (χ2v) is 16.4. The summed E-state index contributed by atoms with van der Waals surface area (Å²) in [5, 5.41) is 0. The third kappa shape index (κ3) is 38.0. The number of phosphoric ester groups is 1. The van der Waals surface area contributed by atoms with Crippen molar-refractivity contribution in [2.45, 2.75) is 180 Å². The average molecular weight is 744 g/mol. The number of nitrogens with zero attached hydrogens (tertiary/aromatic N) is 1. The molecule has 51 heavy (non-hydrogen) atoms. The Balaban J connectivity index is 4.40. The van der Waals surface area contributed by atoms with Crippen molar-refractivity contribution in [3.8, 4) is 0 Å². The molecular formula is C41H78NO8P. The predicted octanol–water partition coefficient (Wildman–Crippen LogP) is 10.6. The number of esters is 2. The second kappa shape index (κ2) is 34.3. The molecule has 0 bridgehead atoms. The molecule has 0 saturated heterocycles. The molecule has 300 valence electrons. The smallest absolute Gasteiger partial charge is 0.306 e. The Bertz CT molecular complexity index is 933. The minimum absolute atomic E-state index is 0.0322. The maximum Gasteiger partial charge on any atom is 0.306 e. The van der Waals surface area contributed by atoms with E-state index in [0.717, 1.165) is 70.6 Å². The summed E-state index contributed by atoms with van der Waals surface area (Å²) in [6, 6.07) is 0. The molecule has 0 amide bonds. The lowest BCUT2D eigenvalue weighted by molar-refractivity contribution is -0.870. The van der Waals surface area contributed by atoms with Crippen molar-refractivity contribution in [1.29, 1.82) is 0 Å². The second-order valence-electron chi connectivity index (χ2n) is 15.0. The maximum absolute atomic E-state index is 12.6. The van der Waals surface area contributed by atoms with Gasteiger partial charge in [-0.25, -0.2) is 0 Å². The van der Waals surface area contributed by atoms with Gasteiger partial charge >= 0.3 is 11.9 Å². The Kier molecular flexibility index (Phi) is 33.3. The van der Waals surface area contributed by atoms with E-state index in [2.05, 4.69) is 38.2 Å². The van der Waals surface area contributed by atoms with Gasteiger partial charge in [0.05, 0.1) is 27.7 Å². The third-order valence-electron chi connectivity index (χ3n) is 8.69. The highest BCUT2D eigenvalue weighted by molar-refractivity contribution is 7.45. The molecule has 0 aromatic carbocycles. The fourth-order valence-electron chi connectivity index (χ4n) is 5.41. The first kappa shape index (κ1) is 49.5. The highest BCUT2D eigenvalue weighted by Gasteiger charge is 2.21. The molecule has 9 nitrogen and oxygen atoms in total. The van der Waals surface area contributed by atoms with Crippen molar-refractivity contribution in [1.82, 2.24) is 0 Å². The van der Waals surface area contributed by atoms with Crippen molar-refractivity contribution in [2.24, 2.45) is 0 Å². The Morgan fingerprint density at radius 2 is 1.00 bits per heavy atom. The summed E-state index contributed by atoms with van der Waals surface area (Å²) >= 11 is 0. The Morgan fingerprint density at radius 1 is 0.588 bits per heavy atom. The largest absolute Gasteiger partial charge is 0.756 e. The van der Waals surface area contributed by atoms with E-state index >= 15 is 0 Å². The van der Waals surface area contributed by atoms with Crippen molar-refractivity contribution in [2.75, 3.05) is 47.5 Å². The van der Waals surface area contributed by atoms with Crippen LogP contribution in [0.5, 0.6) is 0 Å². The van der Waals surface area contributed by atoms with Crippen LogP contribution < -0.4 is 4.89 Å². The lowest BCUT2D eigenvalue weighted by atomic mass is 10.1. The number of unbranched alkanes of at least 4 members (excludes halogenated alkanes) is 19. The van der Waals surface area contributed by atoms with Crippen LogP contribution in [0.2, 0.25) is 0 Å². The number of rotatable bonds is 37. The highest BCUT2D eigenvalue weighted by atomic mass is 31.2. The van der Waals surface area contributed by atoms with Gasteiger partial charge in [0, 0.05) is 12.8 Å². The lowest BCUT2D eigenvalue weighted by Crippen LogP contribution is -2.37. The van der Waals surface area contributed by atoms with Crippen LogP contribution in [0.4, 0.5) is 0 Å². The summed E-state index contributed by atoms with van der Waals surface area (Å²) in [5.41, 5.74) is 0. The number of carbonyl (C=O) groups excluding carboxylic acids is 2. The molecule has 0 spiro atoms. The predicted molar refractivity (Wildman–Crippen MR) is 208 cm³/mol. The monoisotopic (exact) mass is 744 g/mol. The van der Waals surface area contributed by atoms with Gasteiger partial charge in [-0.1, -0.05) is 122 Å². The standard InChI is InChI=1S/C41H78NO8P/c1-6-8-10-12-14-16-18-20-21-22-24-25-27-29-31-33-40(43)47-37-39(38-49-51(45,46)48-36-35-42(3,4)5)50-41(44)34-32-30-28-26-23-19-17-15-13-11-9-7-2/h15-18,39H,6-14,19-38H2,1-5H3/b17-15+,18-16+/t39-/m1/s1. The molecule has 10 heteroatoms. The van der Waals surface area contributed by atoms with Crippen LogP contribution in [0.15, 0.2) is 24.3 Å². The van der Waals surface area contributed by atoms with Crippen molar-refractivity contribution in [3.05, 3.63) is 24.3 Å². The van der Waals surface area contributed by atoms with E-state index in [1.54, 1.807) is 0 Å². The molecule has 0 saturated carbocycles. The quantitative estimate of drug-likeness (QED) is 0.0203. The number of ether oxygens (including phenoxy) is 2. The van der Waals surface area contributed by atoms with E-state index in [9.17, 15) is 19.0 Å². The number of phosphoric acid groups is 1. The zero-order valence-electron chi connectivity index (χ0n) is 33.6. The van der Waals surface area contributed by atoms with Crippen LogP contribution in [0, 0.1) is 0 Å². The molecule has 0 fully saturated rings. The Hall–Kier alpha value is -1.51. The summed E-state index contributed by atoms with van der Waals surface area (Å²) in [4.78, 5) is 37.4. The number of hydrogen-bond acceptors (Lipinski definition) is 8. The van der Waals surface area contributed by atoms with Gasteiger partial charge < -0.3 is 27.9 Å². The zero-order valence-corrected chi connectivity index (χ0v) is 34.4. The summed E-state index contributed by atoms with van der Waals surface area (Å²) < 4.78 is 33.8. The van der Waals surface area contributed by atoms with Crippen molar-refractivity contribution < 1.29 is 42.1 Å². The van der Waals surface area contributed by atoms with Crippen LogP contribution in [0.25, 0.3) is 0 Å². The van der Waals surface area contributed by atoms with Crippen molar-refractivity contribution >= 4 is 19.8 Å². The van der Waals surface area contributed by atoms with Gasteiger partial charge in [0.15, 0.2) is 6.10 Å². The Labute approximate surface area is 313 Å². The van der Waals surface area contributed by atoms with E-state index in [4.69, 9.17) is 18.5 Å². The number of hydrogen-bond donors (Lipinski definition) is 0. The number of quaternary nitrogens is 1. The molecule has 0 rings (SSSR count). The van der Waals surface area contributed by atoms with Crippen LogP contribution in [-0.2, 0) is 32.7 Å². The molecule has 0 aliphatic rings. The van der Waals surface area contributed by atoms with Gasteiger partial charge in [-0.3, -0.25) is 14.2 Å². The first-order chi connectivity index (χ1) is 24.5. The maximum atomic E-state index is 12.6. The van der Waals surface area contributed by atoms with Crippen molar-refractivity contribution in [3.63, 3.8) is 0 Å². The van der Waals surface area contributed by atoms with Gasteiger partial charge in [-0.05, 0) is 64.2 Å². The summed E-state index contributed by atoms with van der Waals surface area (Å²) in [6.45, 7) is 4.17. The Morgan fingerprint density at radius 3 is 1.49 bits per heavy atom. The summed E-state index contributed by atoms with van der Waals surface area (Å²) in [7, 11) is 1.16. The molecule has 0 aromatic heterocycles. The van der Waals surface area contributed by atoms with Crippen LogP contribution >= 0.6 is 7.82 Å². The fraction of sp³-hybridized carbons (Fsp3) is 0.854. The topological polar surface area (TPSA) is 111 Å². The lowest BCUT2D eigenvalue weighted by Gasteiger charge is -2.28. The van der Waals surface area contributed by atoms with Gasteiger partial charge in [-0.15, -0.1) is 0 Å². The van der Waals surface area contributed by atoms with Gasteiger partial charge in [0.1, 0.15) is 19.8 Å². The normalized spacial score (nSPS) is 13.9. The molecule has 0 radical (unpaired) electrons. The number of carbonyl (C=O) groups is 2. The average Bonchev–Trinajstić information content (AvgIpc) is 3.07. The molecule has 0 N–H and O–H groups in total. The molecule has 1 unspecified atom stereocenters. The molecular weight excluding hydrogens is 665 g/mol. The van der Waals surface area contributed by atoms with Crippen LogP contribution in [0.3, 0.4) is 0 Å². The van der Waals surface area contributed by atoms with E-state index < -0.39 is 32.5 Å². The molecule has 0 aliphatic heterocycles. The first-order valence-corrected chi connectivity index (χ1v) is 22.0. The third-order valence-corrected chi connectivity index (χ3v) is 9.66. The highest BCUT2D eigenvalue weighted by Crippen LogP contribution is 2.38. The van der Waals surface area contributed by atoms with E-state index in [1.807, 2.05) is 21.1 Å². The van der Waals surface area contributed by atoms with Gasteiger partial charge in [0.2, 0.25) is 0 Å². The minimum Gasteiger partial charge on any atom is -0.756 e. The van der Waals surface area contributed by atoms with E-state index in [1.165, 1.54) is 70.6 Å². The minimum atomic E-state index is -4.62. The first-order valence-electron chi connectivity index (χ1n) is 20.5. The van der Waals surface area contributed by atoms with Crippen LogP contribution in [0.1, 0.15) is 174 Å². The zero-order chi connectivity index (χ0) is 37.9. The molecule has 0 aliphatic carbocycles. The SMILES string of the molecule is CCCCC/C=C/CCCCCCCC(=O)O[C@H](COC(=O)CCCCCCCCC/C=C/CCCCCC)COP(=O)([O-])OCC[N+](C)(C)C. The van der Waals surface area contributed by atoms with Gasteiger partial charge in [-0.2, -0.15) is 0 Å². The van der Waals surface area contributed by atoms with Crippen LogP contribution in [-0.4, -0.2) is 70.0 Å². The van der Waals surface area contributed by atoms with Gasteiger partial charge in [0.25, 0.3) is 7.82 Å². The number of allylic oxidation sites excluding steroid dienone is 4. The van der Waals surface area contributed by atoms with E-state index in [-0.39, 0.29) is 26.1 Å². The summed E-state index contributed by atoms with van der Waals surface area (Å²) in [6.07, 6.45) is 34.8. The fourth-order valence-corrected chi connectivity index (χ4v) is 6.14. The molecule has 0 aromatic rings. The number of likely N-dealkylation sites (N-methyl/N-ethyl adjacent to an activating group) is 1. The summed E-state index contributed by atoms with van der Waals surface area (Å²) in [5.74, 6) is -0.849. The molecule has 2 atom stereocenters. The molecule has 0 heterocycles.